The Kier molecular flexibility index (Phi) is 1.85. The van der Waals surface area contributed by atoms with E-state index in [2.05, 4.69) is 31.1 Å². The van der Waals surface area contributed by atoms with E-state index in [4.69, 9.17) is 11.6 Å². The number of hydrogen-bond acceptors (Lipinski definition) is 2. The SMILES string of the molecule is ClCc1nc(Br)n[nH]1. The molecular formula is C3H3BrClN3. The van der Waals surface area contributed by atoms with Gasteiger partial charge in [-0.1, -0.05) is 0 Å². The number of nitrogens with zero attached hydrogens (tertiary/aromatic N) is 2. The first-order chi connectivity index (χ1) is 3.83. The van der Waals surface area contributed by atoms with E-state index in [1.54, 1.807) is 0 Å². The summed E-state index contributed by atoms with van der Waals surface area (Å²) in [6.07, 6.45) is 0. The van der Waals surface area contributed by atoms with Crippen molar-refractivity contribution in [2.75, 3.05) is 0 Å². The van der Waals surface area contributed by atoms with Crippen LogP contribution >= 0.6 is 27.5 Å². The van der Waals surface area contributed by atoms with E-state index in [9.17, 15) is 0 Å². The molecule has 0 aliphatic carbocycles. The van der Waals surface area contributed by atoms with Gasteiger partial charge in [-0.05, 0) is 15.9 Å². The van der Waals surface area contributed by atoms with Crippen LogP contribution < -0.4 is 0 Å². The summed E-state index contributed by atoms with van der Waals surface area (Å²) in [6, 6.07) is 0. The maximum Gasteiger partial charge on any atom is 0.217 e. The minimum Gasteiger partial charge on any atom is -0.261 e. The van der Waals surface area contributed by atoms with Crippen LogP contribution in [0.3, 0.4) is 0 Å². The first-order valence-corrected chi connectivity index (χ1v) is 3.28. The quantitative estimate of drug-likeness (QED) is 0.688. The van der Waals surface area contributed by atoms with Crippen molar-refractivity contribution >= 4 is 27.5 Å². The van der Waals surface area contributed by atoms with E-state index >= 15 is 0 Å². The highest BCUT2D eigenvalue weighted by Crippen LogP contribution is 2.01. The number of alkyl halides is 1. The van der Waals surface area contributed by atoms with Gasteiger partial charge >= 0.3 is 0 Å². The number of halogens is 2. The second-order valence-corrected chi connectivity index (χ2v) is 2.16. The van der Waals surface area contributed by atoms with Crippen LogP contribution in [0, 0.1) is 0 Å². The maximum atomic E-state index is 5.39. The van der Waals surface area contributed by atoms with Gasteiger partial charge in [0.1, 0.15) is 5.82 Å². The monoisotopic (exact) mass is 195 g/mol. The Bertz CT molecular complexity index is 175. The zero-order chi connectivity index (χ0) is 5.98. The summed E-state index contributed by atoms with van der Waals surface area (Å²) >= 11 is 8.45. The summed E-state index contributed by atoms with van der Waals surface area (Å²) in [4.78, 5) is 3.85. The molecule has 0 radical (unpaired) electrons. The smallest absolute Gasteiger partial charge is 0.217 e. The second kappa shape index (κ2) is 2.46. The van der Waals surface area contributed by atoms with Crippen LogP contribution in [0.15, 0.2) is 4.73 Å². The molecular weight excluding hydrogens is 193 g/mol. The van der Waals surface area contributed by atoms with E-state index in [0.717, 1.165) is 0 Å². The van der Waals surface area contributed by atoms with Gasteiger partial charge in [-0.25, -0.2) is 4.98 Å². The van der Waals surface area contributed by atoms with Gasteiger partial charge in [-0.15, -0.1) is 16.7 Å². The van der Waals surface area contributed by atoms with E-state index in [1.165, 1.54) is 0 Å². The summed E-state index contributed by atoms with van der Waals surface area (Å²) in [6.45, 7) is 0. The molecule has 0 spiro atoms. The number of aromatic nitrogens is 3. The number of aromatic amines is 1. The third-order valence-electron chi connectivity index (χ3n) is 0.631. The van der Waals surface area contributed by atoms with E-state index < -0.39 is 0 Å². The number of rotatable bonds is 1. The van der Waals surface area contributed by atoms with Gasteiger partial charge in [0.15, 0.2) is 0 Å². The van der Waals surface area contributed by atoms with Crippen molar-refractivity contribution in [2.24, 2.45) is 0 Å². The van der Waals surface area contributed by atoms with Crippen molar-refractivity contribution in [3.05, 3.63) is 10.6 Å². The predicted octanol–water partition coefficient (Wildman–Crippen LogP) is 1.31. The predicted molar refractivity (Wildman–Crippen MR) is 33.6 cm³/mol. The molecule has 0 fully saturated rings. The Balaban J connectivity index is 2.84. The third-order valence-corrected chi connectivity index (χ3v) is 1.24. The lowest BCUT2D eigenvalue weighted by atomic mass is 10.7. The molecule has 0 aliphatic rings. The zero-order valence-corrected chi connectivity index (χ0v) is 6.20. The second-order valence-electron chi connectivity index (χ2n) is 1.18. The van der Waals surface area contributed by atoms with Crippen molar-refractivity contribution in [1.82, 2.24) is 15.2 Å². The Morgan fingerprint density at radius 3 is 2.75 bits per heavy atom. The Labute approximate surface area is 59.6 Å². The molecule has 0 saturated carbocycles. The van der Waals surface area contributed by atoms with Gasteiger partial charge in [0.25, 0.3) is 0 Å². The van der Waals surface area contributed by atoms with Gasteiger partial charge in [0, 0.05) is 0 Å². The lowest BCUT2D eigenvalue weighted by molar-refractivity contribution is 1.02. The average Bonchev–Trinajstić information content (AvgIpc) is 2.14. The Morgan fingerprint density at radius 2 is 2.50 bits per heavy atom. The van der Waals surface area contributed by atoms with Crippen molar-refractivity contribution in [3.8, 4) is 0 Å². The van der Waals surface area contributed by atoms with Crippen LogP contribution in [0.4, 0.5) is 0 Å². The number of nitrogens with one attached hydrogen (secondary N) is 1. The third kappa shape index (κ3) is 1.20. The molecule has 1 heterocycles. The van der Waals surface area contributed by atoms with Crippen LogP contribution in [0.5, 0.6) is 0 Å². The standard InChI is InChI=1S/C3H3BrClN3/c4-3-6-2(1-5)7-8-3/h1H2,(H,6,7,8). The van der Waals surface area contributed by atoms with Crippen molar-refractivity contribution in [2.45, 2.75) is 5.88 Å². The first kappa shape index (κ1) is 6.04. The molecule has 0 atom stereocenters. The van der Waals surface area contributed by atoms with Crippen LogP contribution in [0.1, 0.15) is 5.82 Å². The highest BCUT2D eigenvalue weighted by Gasteiger charge is 1.94. The minimum atomic E-state index is 0.374. The Morgan fingerprint density at radius 1 is 1.75 bits per heavy atom. The molecule has 0 unspecified atom stereocenters. The van der Waals surface area contributed by atoms with E-state index in [1.807, 2.05) is 0 Å². The summed E-state index contributed by atoms with van der Waals surface area (Å²) in [5, 5.41) is 6.30. The van der Waals surface area contributed by atoms with Gasteiger partial charge < -0.3 is 0 Å². The molecule has 1 aromatic heterocycles. The van der Waals surface area contributed by atoms with Crippen LogP contribution in [0.25, 0.3) is 0 Å². The largest absolute Gasteiger partial charge is 0.261 e. The van der Waals surface area contributed by atoms with Crippen molar-refractivity contribution in [1.29, 1.82) is 0 Å². The first-order valence-electron chi connectivity index (χ1n) is 1.95. The van der Waals surface area contributed by atoms with Gasteiger partial charge in [0.2, 0.25) is 4.73 Å². The summed E-state index contributed by atoms with van der Waals surface area (Å²) in [5.74, 6) is 1.05. The van der Waals surface area contributed by atoms with Gasteiger partial charge in [0.05, 0.1) is 5.88 Å². The summed E-state index contributed by atoms with van der Waals surface area (Å²) in [7, 11) is 0. The minimum absolute atomic E-state index is 0.374. The molecule has 1 N–H and O–H groups in total. The summed E-state index contributed by atoms with van der Waals surface area (Å²) < 4.78 is 0.549. The fourth-order valence-electron chi connectivity index (χ4n) is 0.332. The van der Waals surface area contributed by atoms with Crippen LogP contribution in [-0.2, 0) is 5.88 Å². The molecule has 1 rings (SSSR count). The fraction of sp³-hybridized carbons (Fsp3) is 0.333. The lowest BCUT2D eigenvalue weighted by Gasteiger charge is -1.75. The molecule has 8 heavy (non-hydrogen) atoms. The molecule has 0 amide bonds. The highest BCUT2D eigenvalue weighted by molar-refractivity contribution is 9.10. The van der Waals surface area contributed by atoms with Crippen LogP contribution in [-0.4, -0.2) is 15.2 Å². The average molecular weight is 196 g/mol. The van der Waals surface area contributed by atoms with E-state index in [0.29, 0.717) is 16.4 Å². The zero-order valence-electron chi connectivity index (χ0n) is 3.86. The summed E-state index contributed by atoms with van der Waals surface area (Å²) in [5.41, 5.74) is 0. The number of hydrogen-bond donors (Lipinski definition) is 1. The normalized spacial score (nSPS) is 9.75. The Hall–Kier alpha value is -0.0900. The van der Waals surface area contributed by atoms with E-state index in [-0.39, 0.29) is 0 Å². The van der Waals surface area contributed by atoms with Gasteiger partial charge in [-0.2, -0.15) is 0 Å². The molecule has 1 aromatic rings. The lowest BCUT2D eigenvalue weighted by Crippen LogP contribution is -1.77. The molecule has 3 nitrogen and oxygen atoms in total. The maximum absolute atomic E-state index is 5.39. The molecule has 0 aliphatic heterocycles. The molecule has 44 valence electrons. The highest BCUT2D eigenvalue weighted by atomic mass is 79.9. The topological polar surface area (TPSA) is 41.6 Å². The molecule has 5 heteroatoms. The molecule has 0 bridgehead atoms. The number of H-pyrrole nitrogens is 1. The fourth-order valence-corrected chi connectivity index (χ4v) is 0.754. The van der Waals surface area contributed by atoms with Crippen molar-refractivity contribution in [3.63, 3.8) is 0 Å². The molecule has 0 aromatic carbocycles. The van der Waals surface area contributed by atoms with Crippen molar-refractivity contribution < 1.29 is 0 Å². The van der Waals surface area contributed by atoms with Crippen LogP contribution in [0.2, 0.25) is 0 Å². The van der Waals surface area contributed by atoms with Gasteiger partial charge in [-0.3, -0.25) is 5.10 Å². The molecule has 0 saturated heterocycles.